The molecule has 0 radical (unpaired) electrons. The monoisotopic (exact) mass is 298 g/mol. The molecule has 0 unspecified atom stereocenters. The third-order valence-corrected chi connectivity index (χ3v) is 3.17. The molecule has 0 bridgehead atoms. The first-order valence-electron chi connectivity index (χ1n) is 6.76. The zero-order chi connectivity index (χ0) is 15.4. The van der Waals surface area contributed by atoms with E-state index in [0.29, 0.717) is 28.8 Å². The van der Waals surface area contributed by atoms with Crippen molar-refractivity contribution in [1.29, 1.82) is 0 Å². The molecular weight excluding hydrogens is 284 g/mol. The van der Waals surface area contributed by atoms with Crippen LogP contribution in [0, 0.1) is 0 Å². The van der Waals surface area contributed by atoms with Crippen LogP contribution < -0.4 is 15.6 Å². The van der Waals surface area contributed by atoms with Gasteiger partial charge in [0.05, 0.1) is 18.2 Å². The quantitative estimate of drug-likeness (QED) is 0.752. The second kappa shape index (κ2) is 6.17. The number of hydrogen-bond donors (Lipinski definition) is 2. The molecule has 0 saturated carbocycles. The van der Waals surface area contributed by atoms with Crippen molar-refractivity contribution < 1.29 is 13.9 Å². The second-order valence-corrected chi connectivity index (χ2v) is 4.67. The number of ether oxygens (including phenoxy) is 1. The van der Waals surface area contributed by atoms with E-state index in [1.807, 2.05) is 0 Å². The molecule has 1 amide bonds. The van der Waals surface area contributed by atoms with Crippen molar-refractivity contribution in [1.82, 2.24) is 10.3 Å². The molecule has 2 heterocycles. The van der Waals surface area contributed by atoms with Gasteiger partial charge in [0, 0.05) is 11.6 Å². The molecular formula is C16H14N2O4. The molecule has 0 aliphatic carbocycles. The molecule has 6 heteroatoms. The van der Waals surface area contributed by atoms with Crippen LogP contribution in [0.5, 0.6) is 5.75 Å². The standard InChI is InChI=1S/C16H14N2O4/c19-15(18-9-11-3-2-8-21-11)10-22-14-5-1-4-13-12(14)6-7-17-16(13)20/h1-8H,9-10H2,(H,17,20)(H,18,19). The molecule has 2 aromatic heterocycles. The van der Waals surface area contributed by atoms with E-state index < -0.39 is 0 Å². The number of furan rings is 1. The van der Waals surface area contributed by atoms with Crippen LogP contribution in [0.25, 0.3) is 10.8 Å². The molecule has 112 valence electrons. The average molecular weight is 298 g/mol. The van der Waals surface area contributed by atoms with Gasteiger partial charge in [-0.2, -0.15) is 0 Å². The number of nitrogens with one attached hydrogen (secondary N) is 2. The minimum atomic E-state index is -0.266. The minimum absolute atomic E-state index is 0.132. The molecule has 3 rings (SSSR count). The number of hydrogen-bond acceptors (Lipinski definition) is 4. The SMILES string of the molecule is O=C(COc1cccc2c(=O)[nH]ccc12)NCc1ccco1. The van der Waals surface area contributed by atoms with Gasteiger partial charge in [-0.05, 0) is 30.3 Å². The molecule has 1 aromatic carbocycles. The van der Waals surface area contributed by atoms with Crippen molar-refractivity contribution in [3.8, 4) is 5.75 Å². The number of carbonyl (C=O) groups excluding carboxylic acids is 1. The largest absolute Gasteiger partial charge is 0.483 e. The van der Waals surface area contributed by atoms with Gasteiger partial charge >= 0.3 is 0 Å². The molecule has 0 saturated heterocycles. The molecule has 22 heavy (non-hydrogen) atoms. The number of pyridine rings is 1. The first-order chi connectivity index (χ1) is 10.7. The average Bonchev–Trinajstić information content (AvgIpc) is 3.05. The zero-order valence-electron chi connectivity index (χ0n) is 11.7. The van der Waals surface area contributed by atoms with Gasteiger partial charge in [-0.3, -0.25) is 9.59 Å². The highest BCUT2D eigenvalue weighted by Gasteiger charge is 2.07. The van der Waals surface area contributed by atoms with E-state index in [1.54, 1.807) is 48.9 Å². The summed E-state index contributed by atoms with van der Waals surface area (Å²) in [6, 6.07) is 10.4. The topological polar surface area (TPSA) is 84.3 Å². The molecule has 0 aliphatic heterocycles. The summed E-state index contributed by atoms with van der Waals surface area (Å²) in [5, 5.41) is 3.88. The van der Waals surface area contributed by atoms with Crippen molar-refractivity contribution in [2.24, 2.45) is 0 Å². The van der Waals surface area contributed by atoms with Crippen LogP contribution in [0.4, 0.5) is 0 Å². The Kier molecular flexibility index (Phi) is 3.91. The summed E-state index contributed by atoms with van der Waals surface area (Å²) in [6.45, 7) is 0.178. The highest BCUT2D eigenvalue weighted by Crippen LogP contribution is 2.22. The van der Waals surface area contributed by atoms with Gasteiger partial charge in [0.25, 0.3) is 11.5 Å². The number of aromatic nitrogens is 1. The van der Waals surface area contributed by atoms with Crippen LogP contribution >= 0.6 is 0 Å². The smallest absolute Gasteiger partial charge is 0.258 e. The molecule has 3 aromatic rings. The third-order valence-electron chi connectivity index (χ3n) is 3.17. The Morgan fingerprint density at radius 2 is 2.09 bits per heavy atom. The van der Waals surface area contributed by atoms with E-state index in [1.165, 1.54) is 0 Å². The van der Waals surface area contributed by atoms with Crippen LogP contribution in [0.3, 0.4) is 0 Å². The molecule has 0 aliphatic rings. The van der Waals surface area contributed by atoms with Gasteiger partial charge in [-0.1, -0.05) is 6.07 Å². The molecule has 0 atom stereocenters. The third kappa shape index (κ3) is 3.01. The lowest BCUT2D eigenvalue weighted by Crippen LogP contribution is -2.28. The van der Waals surface area contributed by atoms with Crippen LogP contribution in [-0.2, 0) is 11.3 Å². The van der Waals surface area contributed by atoms with Gasteiger partial charge in [-0.15, -0.1) is 0 Å². The van der Waals surface area contributed by atoms with Crippen molar-refractivity contribution in [2.45, 2.75) is 6.54 Å². The van der Waals surface area contributed by atoms with Crippen LogP contribution in [0.1, 0.15) is 5.76 Å². The van der Waals surface area contributed by atoms with Crippen molar-refractivity contribution in [3.05, 3.63) is 65.0 Å². The van der Waals surface area contributed by atoms with Crippen LogP contribution in [0.2, 0.25) is 0 Å². The van der Waals surface area contributed by atoms with Gasteiger partial charge < -0.3 is 19.5 Å². The van der Waals surface area contributed by atoms with E-state index in [9.17, 15) is 9.59 Å². The summed E-state index contributed by atoms with van der Waals surface area (Å²) in [5.74, 6) is 0.903. The summed E-state index contributed by atoms with van der Waals surface area (Å²) in [5.41, 5.74) is -0.190. The summed E-state index contributed by atoms with van der Waals surface area (Å²) in [6.07, 6.45) is 3.10. The van der Waals surface area contributed by atoms with Gasteiger partial charge in [-0.25, -0.2) is 0 Å². The molecule has 2 N–H and O–H groups in total. The second-order valence-electron chi connectivity index (χ2n) is 4.67. The first kappa shape index (κ1) is 13.9. The van der Waals surface area contributed by atoms with E-state index in [-0.39, 0.29) is 18.1 Å². The minimum Gasteiger partial charge on any atom is -0.483 e. The molecule has 0 fully saturated rings. The normalized spacial score (nSPS) is 10.5. The summed E-state index contributed by atoms with van der Waals surface area (Å²) in [7, 11) is 0. The van der Waals surface area contributed by atoms with Crippen molar-refractivity contribution in [2.75, 3.05) is 6.61 Å². The van der Waals surface area contributed by atoms with Gasteiger partial charge in [0.2, 0.25) is 0 Å². The number of aromatic amines is 1. The number of rotatable bonds is 5. The number of amides is 1. The van der Waals surface area contributed by atoms with E-state index in [0.717, 1.165) is 0 Å². The maximum absolute atomic E-state index is 11.8. The Hall–Kier alpha value is -3.02. The summed E-state index contributed by atoms with van der Waals surface area (Å²) >= 11 is 0. The fourth-order valence-electron chi connectivity index (χ4n) is 2.11. The van der Waals surface area contributed by atoms with Crippen LogP contribution in [0.15, 0.2) is 58.1 Å². The highest BCUT2D eigenvalue weighted by molar-refractivity contribution is 5.87. The fourth-order valence-corrected chi connectivity index (χ4v) is 2.11. The van der Waals surface area contributed by atoms with Crippen LogP contribution in [-0.4, -0.2) is 17.5 Å². The Labute approximate surface area is 125 Å². The number of H-pyrrole nitrogens is 1. The van der Waals surface area contributed by atoms with Gasteiger partial charge in [0.1, 0.15) is 11.5 Å². The molecule has 0 spiro atoms. The lowest BCUT2D eigenvalue weighted by molar-refractivity contribution is -0.123. The zero-order valence-corrected chi connectivity index (χ0v) is 11.7. The Balaban J connectivity index is 1.65. The summed E-state index contributed by atoms with van der Waals surface area (Å²) < 4.78 is 10.6. The Bertz CT molecular complexity index is 837. The summed E-state index contributed by atoms with van der Waals surface area (Å²) in [4.78, 5) is 26.1. The van der Waals surface area contributed by atoms with E-state index in [4.69, 9.17) is 9.15 Å². The number of carbonyl (C=O) groups is 1. The molecule has 6 nitrogen and oxygen atoms in total. The van der Waals surface area contributed by atoms with Gasteiger partial charge in [0.15, 0.2) is 6.61 Å². The fraction of sp³-hybridized carbons (Fsp3) is 0.125. The van der Waals surface area contributed by atoms with Crippen molar-refractivity contribution in [3.63, 3.8) is 0 Å². The highest BCUT2D eigenvalue weighted by atomic mass is 16.5. The van der Waals surface area contributed by atoms with E-state index >= 15 is 0 Å². The number of benzene rings is 1. The Morgan fingerprint density at radius 1 is 1.18 bits per heavy atom. The lowest BCUT2D eigenvalue weighted by atomic mass is 10.1. The first-order valence-corrected chi connectivity index (χ1v) is 6.76. The lowest BCUT2D eigenvalue weighted by Gasteiger charge is -2.09. The Morgan fingerprint density at radius 3 is 2.91 bits per heavy atom. The maximum Gasteiger partial charge on any atom is 0.258 e. The van der Waals surface area contributed by atoms with E-state index in [2.05, 4.69) is 10.3 Å². The predicted molar refractivity (Wildman–Crippen MR) is 80.6 cm³/mol. The van der Waals surface area contributed by atoms with Crippen molar-refractivity contribution >= 4 is 16.7 Å². The predicted octanol–water partition coefficient (Wildman–Crippen LogP) is 1.82. The number of fused-ring (bicyclic) bond motifs is 1. The maximum atomic E-state index is 11.8.